The molecule has 7 heteroatoms. The van der Waals surface area contributed by atoms with Crippen molar-refractivity contribution in [3.05, 3.63) is 33.8 Å². The molecular formula is C25H36N2O4S. The summed E-state index contributed by atoms with van der Waals surface area (Å²) in [7, 11) is 0. The second kappa shape index (κ2) is 10.4. The average molecular weight is 461 g/mol. The van der Waals surface area contributed by atoms with Gasteiger partial charge in [0, 0.05) is 11.3 Å². The Morgan fingerprint density at radius 3 is 2.75 bits per heavy atom. The lowest BCUT2D eigenvalue weighted by atomic mass is 9.60. The number of hydrogen-bond donors (Lipinski definition) is 3. The van der Waals surface area contributed by atoms with Crippen LogP contribution in [-0.2, 0) is 9.59 Å². The van der Waals surface area contributed by atoms with Crippen LogP contribution >= 0.6 is 11.3 Å². The van der Waals surface area contributed by atoms with Gasteiger partial charge in [-0.05, 0) is 63.5 Å². The van der Waals surface area contributed by atoms with Crippen molar-refractivity contribution in [2.24, 2.45) is 17.3 Å². The number of amides is 1. The normalized spacial score (nSPS) is 36.3. The first kappa shape index (κ1) is 24.8. The van der Waals surface area contributed by atoms with Crippen LogP contribution < -0.4 is 5.32 Å². The van der Waals surface area contributed by atoms with Crippen molar-refractivity contribution >= 4 is 29.1 Å². The summed E-state index contributed by atoms with van der Waals surface area (Å²) in [5, 5.41) is 27.7. The van der Waals surface area contributed by atoms with E-state index in [-0.39, 0.29) is 30.1 Å². The SMILES string of the molecule is C/C(=C\c1csc(C)n1)[C@@H]1C/C=C\CCC[C@@H]2C[C@@](C)(C(=O)[C@@H](C)[C@@H]2O)[C@@H](O)CC(=O)N1. The Bertz CT molecular complexity index is 892. The fourth-order valence-corrected chi connectivity index (χ4v) is 5.63. The third-order valence-corrected chi connectivity index (χ3v) is 7.95. The zero-order chi connectivity index (χ0) is 23.5. The predicted octanol–water partition coefficient (Wildman–Crippen LogP) is 3.81. The molecule has 0 unspecified atom stereocenters. The summed E-state index contributed by atoms with van der Waals surface area (Å²) in [6.45, 7) is 7.42. The summed E-state index contributed by atoms with van der Waals surface area (Å²) in [6, 6.07) is -0.209. The highest BCUT2D eigenvalue weighted by Crippen LogP contribution is 2.44. The Morgan fingerprint density at radius 2 is 2.06 bits per heavy atom. The molecule has 1 amide bonds. The van der Waals surface area contributed by atoms with Crippen molar-refractivity contribution in [1.29, 1.82) is 0 Å². The van der Waals surface area contributed by atoms with Gasteiger partial charge in [0.25, 0.3) is 0 Å². The van der Waals surface area contributed by atoms with E-state index in [1.54, 1.807) is 25.2 Å². The quantitative estimate of drug-likeness (QED) is 0.583. The van der Waals surface area contributed by atoms with Gasteiger partial charge in [-0.25, -0.2) is 4.98 Å². The Labute approximate surface area is 194 Å². The molecular weight excluding hydrogens is 424 g/mol. The molecule has 0 saturated heterocycles. The maximum Gasteiger partial charge on any atom is 0.223 e. The summed E-state index contributed by atoms with van der Waals surface area (Å²) in [5.41, 5.74) is 0.840. The maximum atomic E-state index is 13.0. The van der Waals surface area contributed by atoms with Crippen molar-refractivity contribution < 1.29 is 19.8 Å². The van der Waals surface area contributed by atoms with Gasteiger partial charge in [-0.2, -0.15) is 0 Å². The number of nitrogens with zero attached hydrogens (tertiary/aromatic N) is 1. The Kier molecular flexibility index (Phi) is 8.06. The molecule has 1 aliphatic carbocycles. The van der Waals surface area contributed by atoms with E-state index in [0.717, 1.165) is 35.5 Å². The Morgan fingerprint density at radius 1 is 1.31 bits per heavy atom. The smallest absolute Gasteiger partial charge is 0.223 e. The van der Waals surface area contributed by atoms with Gasteiger partial charge in [-0.15, -0.1) is 11.3 Å². The lowest BCUT2D eigenvalue weighted by Gasteiger charge is -2.45. The van der Waals surface area contributed by atoms with E-state index in [1.165, 1.54) is 0 Å². The second-order valence-electron chi connectivity index (χ2n) is 9.68. The lowest BCUT2D eigenvalue weighted by molar-refractivity contribution is -0.156. The first-order valence-electron chi connectivity index (χ1n) is 11.6. The molecule has 6 atom stereocenters. The van der Waals surface area contributed by atoms with Crippen LogP contribution in [0.15, 0.2) is 23.1 Å². The molecule has 0 aromatic carbocycles. The molecule has 1 aromatic rings. The monoisotopic (exact) mass is 460 g/mol. The number of Topliss-reactive ketones (excluding diaryl/α,β-unsaturated/α-hetero) is 1. The first-order chi connectivity index (χ1) is 15.1. The number of ketones is 1. The predicted molar refractivity (Wildman–Crippen MR) is 127 cm³/mol. The Balaban J connectivity index is 1.83. The average Bonchev–Trinajstić information content (AvgIpc) is 3.15. The molecule has 0 spiro atoms. The molecule has 1 saturated carbocycles. The van der Waals surface area contributed by atoms with Gasteiger partial charge in [-0.3, -0.25) is 9.59 Å². The number of carbonyl (C=O) groups excluding carboxylic acids is 2. The van der Waals surface area contributed by atoms with E-state index in [4.69, 9.17) is 0 Å². The molecule has 1 aromatic heterocycles. The number of carbonyl (C=O) groups is 2. The van der Waals surface area contributed by atoms with Crippen LogP contribution in [0.4, 0.5) is 0 Å². The second-order valence-corrected chi connectivity index (χ2v) is 10.7. The van der Waals surface area contributed by atoms with E-state index in [9.17, 15) is 19.8 Å². The van der Waals surface area contributed by atoms with Crippen LogP contribution in [-0.4, -0.2) is 45.1 Å². The minimum absolute atomic E-state index is 0.0544. The summed E-state index contributed by atoms with van der Waals surface area (Å²) in [4.78, 5) is 30.4. The van der Waals surface area contributed by atoms with E-state index < -0.39 is 23.5 Å². The minimum atomic E-state index is -1.09. The lowest BCUT2D eigenvalue weighted by Crippen LogP contribution is -2.54. The van der Waals surface area contributed by atoms with Crippen LogP contribution in [0.25, 0.3) is 6.08 Å². The largest absolute Gasteiger partial charge is 0.392 e. The van der Waals surface area contributed by atoms with E-state index >= 15 is 0 Å². The number of aliphatic hydroxyl groups excluding tert-OH is 2. The molecule has 176 valence electrons. The molecule has 2 heterocycles. The number of aromatic nitrogens is 1. The van der Waals surface area contributed by atoms with Gasteiger partial charge in [0.15, 0.2) is 0 Å². The molecule has 1 fully saturated rings. The maximum absolute atomic E-state index is 13.0. The summed E-state index contributed by atoms with van der Waals surface area (Å²) >= 11 is 1.59. The first-order valence-corrected chi connectivity index (χ1v) is 12.4. The number of aryl methyl sites for hydroxylation is 1. The van der Waals surface area contributed by atoms with E-state index in [1.807, 2.05) is 25.3 Å². The fourth-order valence-electron chi connectivity index (χ4n) is 5.06. The molecule has 2 aliphatic rings. The highest BCUT2D eigenvalue weighted by atomic mass is 32.1. The Hall–Kier alpha value is -1.83. The van der Waals surface area contributed by atoms with Gasteiger partial charge in [-0.1, -0.05) is 26.0 Å². The molecule has 32 heavy (non-hydrogen) atoms. The van der Waals surface area contributed by atoms with E-state index in [2.05, 4.69) is 22.5 Å². The zero-order valence-corrected chi connectivity index (χ0v) is 20.3. The standard InChI is InChI=1S/C25H36N2O4S/c1-15(11-19-14-32-17(3)26-19)20-10-8-6-5-7-9-18-13-25(4,21(28)12-22(29)27-20)24(31)16(2)23(18)30/h6,8,11,14,16,18,20-21,23,28,30H,5,7,9-10,12-13H2,1-4H3,(H,27,29)/b8-6-,15-11+/t16-,18+,20-,21-,23-,25+/m0/s1. The van der Waals surface area contributed by atoms with E-state index in [0.29, 0.717) is 12.8 Å². The van der Waals surface area contributed by atoms with Crippen molar-refractivity contribution in [1.82, 2.24) is 10.3 Å². The van der Waals surface area contributed by atoms with Crippen molar-refractivity contribution in [3.63, 3.8) is 0 Å². The highest BCUT2D eigenvalue weighted by molar-refractivity contribution is 7.09. The fraction of sp³-hybridized carbons (Fsp3) is 0.640. The molecule has 1 aliphatic heterocycles. The van der Waals surface area contributed by atoms with Gasteiger partial charge in [0.05, 0.1) is 40.8 Å². The van der Waals surface area contributed by atoms with Gasteiger partial charge in [0.2, 0.25) is 5.91 Å². The van der Waals surface area contributed by atoms with Crippen molar-refractivity contribution in [2.75, 3.05) is 0 Å². The molecule has 3 N–H and O–H groups in total. The van der Waals surface area contributed by atoms with Crippen LogP contribution in [0.3, 0.4) is 0 Å². The van der Waals surface area contributed by atoms with Crippen LogP contribution in [0, 0.1) is 24.2 Å². The molecule has 3 rings (SSSR count). The zero-order valence-electron chi connectivity index (χ0n) is 19.5. The van der Waals surface area contributed by atoms with Gasteiger partial charge in [0.1, 0.15) is 5.78 Å². The van der Waals surface area contributed by atoms with Crippen LogP contribution in [0.5, 0.6) is 0 Å². The summed E-state index contributed by atoms with van der Waals surface area (Å²) in [6.07, 6.45) is 7.92. The number of fused-ring (bicyclic) bond motifs is 2. The minimum Gasteiger partial charge on any atom is -0.392 e. The number of allylic oxidation sites excluding steroid dienone is 1. The number of aliphatic hydroxyl groups is 2. The number of nitrogens with one attached hydrogen (secondary N) is 1. The van der Waals surface area contributed by atoms with Gasteiger partial charge >= 0.3 is 0 Å². The molecule has 2 bridgehead atoms. The summed E-state index contributed by atoms with van der Waals surface area (Å²) < 4.78 is 0. The third-order valence-electron chi connectivity index (χ3n) is 7.15. The molecule has 0 radical (unpaired) electrons. The molecule has 6 nitrogen and oxygen atoms in total. The van der Waals surface area contributed by atoms with Crippen LogP contribution in [0.2, 0.25) is 0 Å². The van der Waals surface area contributed by atoms with Crippen LogP contribution in [0.1, 0.15) is 70.0 Å². The number of rotatable bonds is 2. The van der Waals surface area contributed by atoms with Crippen molar-refractivity contribution in [3.8, 4) is 0 Å². The topological polar surface area (TPSA) is 99.5 Å². The summed E-state index contributed by atoms with van der Waals surface area (Å²) in [5.74, 6) is -1.03. The third kappa shape index (κ3) is 5.56. The number of thiazole rings is 1. The van der Waals surface area contributed by atoms with Gasteiger partial charge < -0.3 is 15.5 Å². The number of hydrogen-bond acceptors (Lipinski definition) is 6. The highest BCUT2D eigenvalue weighted by Gasteiger charge is 2.51. The van der Waals surface area contributed by atoms with Crippen molar-refractivity contribution in [2.45, 2.75) is 84.5 Å².